The molecule has 0 radical (unpaired) electrons. The number of hydrogen-bond acceptors (Lipinski definition) is 5. The molecule has 6 nitrogen and oxygen atoms in total. The van der Waals surface area contributed by atoms with Gasteiger partial charge < -0.3 is 20.9 Å². The van der Waals surface area contributed by atoms with Gasteiger partial charge in [0.05, 0.1) is 5.69 Å². The second kappa shape index (κ2) is 9.45. The highest BCUT2D eigenvalue weighted by Crippen LogP contribution is 2.29. The Morgan fingerprint density at radius 1 is 0.828 bits per heavy atom. The summed E-state index contributed by atoms with van der Waals surface area (Å²) in [6, 6.07) is 1.51. The van der Waals surface area contributed by atoms with Gasteiger partial charge in [0.2, 0.25) is 5.95 Å². The summed E-state index contributed by atoms with van der Waals surface area (Å²) in [6.07, 6.45) is 14.4. The van der Waals surface area contributed by atoms with Gasteiger partial charge in [-0.25, -0.2) is 4.98 Å². The first-order valence-electron chi connectivity index (χ1n) is 11.5. The maximum absolute atomic E-state index is 5.54. The van der Waals surface area contributed by atoms with Crippen molar-refractivity contribution in [2.75, 3.05) is 24.3 Å². The van der Waals surface area contributed by atoms with Crippen molar-refractivity contribution in [1.82, 2.24) is 20.6 Å². The van der Waals surface area contributed by atoms with Crippen LogP contribution in [-0.2, 0) is 12.8 Å². The zero-order chi connectivity index (χ0) is 20.2. The van der Waals surface area contributed by atoms with E-state index in [0.29, 0.717) is 18.1 Å². The van der Waals surface area contributed by atoms with E-state index in [0.717, 1.165) is 55.4 Å². The lowest BCUT2D eigenvalue weighted by Crippen LogP contribution is -2.47. The van der Waals surface area contributed by atoms with Crippen molar-refractivity contribution in [2.45, 2.75) is 95.2 Å². The van der Waals surface area contributed by atoms with Crippen LogP contribution < -0.4 is 20.9 Å². The second-order valence-electron chi connectivity index (χ2n) is 9.19. The fraction of sp³-hybridized carbons (Fsp3) is 0.773. The molecule has 1 heterocycles. The van der Waals surface area contributed by atoms with Crippen LogP contribution in [0.5, 0.6) is 0 Å². The Labute approximate surface area is 180 Å². The molecule has 3 N–H and O–H groups in total. The average Bonchev–Trinajstić information content (AvgIpc) is 3.21. The first-order valence-corrected chi connectivity index (χ1v) is 11.9. The van der Waals surface area contributed by atoms with Gasteiger partial charge in [0, 0.05) is 37.8 Å². The smallest absolute Gasteiger partial charge is 0.225 e. The summed E-state index contributed by atoms with van der Waals surface area (Å²) >= 11 is 5.54. The summed E-state index contributed by atoms with van der Waals surface area (Å²) in [7, 11) is 4.17. The standard InChI is InChI=1S/C22H36N6S/c1-28(2)20-18-9-5-6-10-19(18)26-21(27-20)23-16-11-13-17(14-12-16)25-22(29)24-15-7-3-4-8-15/h15-17H,3-14H2,1-2H3,(H,23,26,27)(H2,24,25,29)/t16-,17+. The van der Waals surface area contributed by atoms with Gasteiger partial charge in [-0.05, 0) is 76.4 Å². The number of rotatable bonds is 5. The molecule has 29 heavy (non-hydrogen) atoms. The Morgan fingerprint density at radius 3 is 2.14 bits per heavy atom. The van der Waals surface area contributed by atoms with E-state index in [1.54, 1.807) is 0 Å². The predicted octanol–water partition coefficient (Wildman–Crippen LogP) is 3.55. The van der Waals surface area contributed by atoms with Gasteiger partial charge in [-0.1, -0.05) is 12.8 Å². The molecule has 0 unspecified atom stereocenters. The summed E-state index contributed by atoms with van der Waals surface area (Å²) in [4.78, 5) is 11.9. The third kappa shape index (κ3) is 5.30. The highest BCUT2D eigenvalue weighted by molar-refractivity contribution is 7.80. The van der Waals surface area contributed by atoms with Crippen LogP contribution in [0.15, 0.2) is 0 Å². The number of nitrogens with one attached hydrogen (secondary N) is 3. The number of anilines is 2. The quantitative estimate of drug-likeness (QED) is 0.634. The van der Waals surface area contributed by atoms with E-state index in [1.165, 1.54) is 49.8 Å². The number of aryl methyl sites for hydroxylation is 1. The summed E-state index contributed by atoms with van der Waals surface area (Å²) in [5.41, 5.74) is 2.60. The molecule has 0 bridgehead atoms. The largest absolute Gasteiger partial charge is 0.362 e. The van der Waals surface area contributed by atoms with E-state index in [1.807, 2.05) is 0 Å². The Morgan fingerprint density at radius 2 is 1.45 bits per heavy atom. The lowest BCUT2D eigenvalue weighted by molar-refractivity contribution is 0.384. The molecule has 0 amide bonds. The van der Waals surface area contributed by atoms with Gasteiger partial charge >= 0.3 is 0 Å². The van der Waals surface area contributed by atoms with Crippen molar-refractivity contribution in [3.8, 4) is 0 Å². The van der Waals surface area contributed by atoms with Crippen molar-refractivity contribution in [1.29, 1.82) is 0 Å². The van der Waals surface area contributed by atoms with Gasteiger partial charge in [0.25, 0.3) is 0 Å². The fourth-order valence-corrected chi connectivity index (χ4v) is 5.39. The number of aromatic nitrogens is 2. The van der Waals surface area contributed by atoms with E-state index in [9.17, 15) is 0 Å². The maximum Gasteiger partial charge on any atom is 0.225 e. The van der Waals surface area contributed by atoms with Crippen LogP contribution in [0.4, 0.5) is 11.8 Å². The minimum Gasteiger partial charge on any atom is -0.362 e. The Hall–Kier alpha value is -1.63. The van der Waals surface area contributed by atoms with Crippen LogP contribution in [0.2, 0.25) is 0 Å². The molecule has 0 spiro atoms. The van der Waals surface area contributed by atoms with E-state index in [4.69, 9.17) is 22.2 Å². The molecule has 1 aromatic rings. The van der Waals surface area contributed by atoms with Crippen LogP contribution in [0.25, 0.3) is 0 Å². The Balaban J connectivity index is 1.29. The molecule has 160 valence electrons. The summed E-state index contributed by atoms with van der Waals surface area (Å²) < 4.78 is 0. The van der Waals surface area contributed by atoms with E-state index < -0.39 is 0 Å². The summed E-state index contributed by atoms with van der Waals surface area (Å²) in [6.45, 7) is 0. The Bertz CT molecular complexity index is 707. The number of nitrogens with zero attached hydrogens (tertiary/aromatic N) is 3. The third-order valence-corrected chi connectivity index (χ3v) is 6.91. The van der Waals surface area contributed by atoms with Crippen molar-refractivity contribution >= 4 is 29.1 Å². The van der Waals surface area contributed by atoms with Crippen LogP contribution in [0.3, 0.4) is 0 Å². The molecule has 2 fully saturated rings. The second-order valence-corrected chi connectivity index (χ2v) is 9.60. The monoisotopic (exact) mass is 416 g/mol. The van der Waals surface area contributed by atoms with Crippen LogP contribution in [0.1, 0.15) is 75.5 Å². The number of fused-ring (bicyclic) bond motifs is 1. The maximum atomic E-state index is 5.54. The molecule has 2 saturated carbocycles. The van der Waals surface area contributed by atoms with Crippen molar-refractivity contribution in [2.24, 2.45) is 0 Å². The van der Waals surface area contributed by atoms with Crippen molar-refractivity contribution in [3.63, 3.8) is 0 Å². The molecule has 3 aliphatic carbocycles. The van der Waals surface area contributed by atoms with Crippen molar-refractivity contribution < 1.29 is 0 Å². The van der Waals surface area contributed by atoms with Gasteiger partial charge in [-0.15, -0.1) is 0 Å². The minimum absolute atomic E-state index is 0.445. The van der Waals surface area contributed by atoms with Gasteiger partial charge in [0.1, 0.15) is 5.82 Å². The zero-order valence-corrected chi connectivity index (χ0v) is 18.8. The molecule has 0 atom stereocenters. The van der Waals surface area contributed by atoms with Gasteiger partial charge in [0.15, 0.2) is 5.11 Å². The molecular weight excluding hydrogens is 380 g/mol. The SMILES string of the molecule is CN(C)c1nc(N[C@H]2CC[C@@H](NC(=S)NC3CCCC3)CC2)nc2c1CCCC2. The van der Waals surface area contributed by atoms with E-state index in [-0.39, 0.29) is 0 Å². The molecular formula is C22H36N6S. The van der Waals surface area contributed by atoms with Gasteiger partial charge in [-0.2, -0.15) is 4.98 Å². The van der Waals surface area contributed by atoms with Crippen LogP contribution in [-0.4, -0.2) is 47.3 Å². The molecule has 3 aliphatic rings. The highest BCUT2D eigenvalue weighted by Gasteiger charge is 2.25. The Kier molecular flexibility index (Phi) is 6.73. The molecule has 7 heteroatoms. The lowest BCUT2D eigenvalue weighted by Gasteiger charge is -2.31. The molecule has 0 saturated heterocycles. The number of thiocarbonyl (C=S) groups is 1. The average molecular weight is 417 g/mol. The lowest BCUT2D eigenvalue weighted by atomic mass is 9.91. The fourth-order valence-electron chi connectivity index (χ4n) is 5.06. The van der Waals surface area contributed by atoms with Crippen molar-refractivity contribution in [3.05, 3.63) is 11.3 Å². The normalized spacial score (nSPS) is 24.6. The molecule has 0 aliphatic heterocycles. The molecule has 4 rings (SSSR count). The van der Waals surface area contributed by atoms with E-state index in [2.05, 4.69) is 34.9 Å². The predicted molar refractivity (Wildman–Crippen MR) is 124 cm³/mol. The van der Waals surface area contributed by atoms with Crippen LogP contribution >= 0.6 is 12.2 Å². The highest BCUT2D eigenvalue weighted by atomic mass is 32.1. The summed E-state index contributed by atoms with van der Waals surface area (Å²) in [5.74, 6) is 1.90. The minimum atomic E-state index is 0.445. The third-order valence-electron chi connectivity index (χ3n) is 6.67. The number of hydrogen-bond donors (Lipinski definition) is 3. The summed E-state index contributed by atoms with van der Waals surface area (Å²) in [5, 5.41) is 11.5. The first-order chi connectivity index (χ1) is 14.1. The first kappa shape index (κ1) is 20.6. The van der Waals surface area contributed by atoms with Crippen LogP contribution in [0, 0.1) is 0 Å². The molecule has 0 aromatic carbocycles. The van der Waals surface area contributed by atoms with Gasteiger partial charge in [-0.3, -0.25) is 0 Å². The topological polar surface area (TPSA) is 65.1 Å². The van der Waals surface area contributed by atoms with E-state index >= 15 is 0 Å². The molecule has 1 aromatic heterocycles. The zero-order valence-electron chi connectivity index (χ0n) is 18.0.